The molecule has 2 aromatic rings. The van der Waals surface area contributed by atoms with Crippen LogP contribution in [0, 0.1) is 13.8 Å². The van der Waals surface area contributed by atoms with Gasteiger partial charge in [-0.1, -0.05) is 31.2 Å². The van der Waals surface area contributed by atoms with E-state index in [4.69, 9.17) is 4.74 Å². The molecule has 0 radical (unpaired) electrons. The van der Waals surface area contributed by atoms with E-state index in [1.54, 1.807) is 0 Å². The Labute approximate surface area is 138 Å². The highest BCUT2D eigenvalue weighted by atomic mass is 16.5. The first-order chi connectivity index (χ1) is 11.1. The number of nitrogens with one attached hydrogen (secondary N) is 1. The molecule has 122 valence electrons. The minimum absolute atomic E-state index is 0.0311. The molecule has 0 aliphatic rings. The van der Waals surface area contributed by atoms with Crippen LogP contribution in [0.4, 0.5) is 5.69 Å². The van der Waals surface area contributed by atoms with Crippen molar-refractivity contribution in [2.45, 2.75) is 40.0 Å². The van der Waals surface area contributed by atoms with Crippen molar-refractivity contribution in [1.82, 2.24) is 0 Å². The van der Waals surface area contributed by atoms with Crippen molar-refractivity contribution < 1.29 is 9.53 Å². The first kappa shape index (κ1) is 17.1. The number of benzene rings is 2. The smallest absolute Gasteiger partial charge is 0.224 e. The Balaban J connectivity index is 1.73. The fourth-order valence-corrected chi connectivity index (χ4v) is 2.34. The molecular weight excluding hydrogens is 286 g/mol. The summed E-state index contributed by atoms with van der Waals surface area (Å²) in [5.74, 6) is 0.890. The van der Waals surface area contributed by atoms with Crippen molar-refractivity contribution in [1.29, 1.82) is 0 Å². The molecule has 0 saturated carbocycles. The fraction of sp³-hybridized carbons (Fsp3) is 0.350. The highest BCUT2D eigenvalue weighted by Gasteiger charge is 2.06. The maximum Gasteiger partial charge on any atom is 0.224 e. The molecule has 23 heavy (non-hydrogen) atoms. The zero-order valence-electron chi connectivity index (χ0n) is 14.2. The van der Waals surface area contributed by atoms with E-state index in [9.17, 15) is 4.79 Å². The molecule has 0 atom stereocenters. The number of amides is 1. The maximum absolute atomic E-state index is 12.0. The summed E-state index contributed by atoms with van der Waals surface area (Å²) in [7, 11) is 0. The van der Waals surface area contributed by atoms with Gasteiger partial charge in [0.05, 0.1) is 6.61 Å². The molecule has 0 heterocycles. The van der Waals surface area contributed by atoms with Gasteiger partial charge in [0.2, 0.25) is 5.91 Å². The van der Waals surface area contributed by atoms with E-state index in [2.05, 4.69) is 24.4 Å². The summed E-state index contributed by atoms with van der Waals surface area (Å²) in [5, 5.41) is 2.97. The summed E-state index contributed by atoms with van der Waals surface area (Å²) in [6.45, 7) is 6.74. The van der Waals surface area contributed by atoms with Gasteiger partial charge < -0.3 is 10.1 Å². The van der Waals surface area contributed by atoms with Gasteiger partial charge in [0.25, 0.3) is 0 Å². The zero-order valence-corrected chi connectivity index (χ0v) is 14.2. The average Bonchev–Trinajstić information content (AvgIpc) is 2.56. The van der Waals surface area contributed by atoms with Crippen LogP contribution in [0.25, 0.3) is 0 Å². The molecule has 0 aliphatic carbocycles. The number of carbonyl (C=O) groups excluding carboxylic acids is 1. The summed E-state index contributed by atoms with van der Waals surface area (Å²) in [6.07, 6.45) is 2.19. The van der Waals surface area contributed by atoms with Gasteiger partial charge in [0, 0.05) is 12.1 Å². The van der Waals surface area contributed by atoms with Gasteiger partial charge in [-0.15, -0.1) is 0 Å². The monoisotopic (exact) mass is 311 g/mol. The van der Waals surface area contributed by atoms with Crippen LogP contribution in [0.5, 0.6) is 5.75 Å². The van der Waals surface area contributed by atoms with Crippen molar-refractivity contribution in [3.63, 3.8) is 0 Å². The summed E-state index contributed by atoms with van der Waals surface area (Å²) in [4.78, 5) is 12.0. The average molecular weight is 311 g/mol. The summed E-state index contributed by atoms with van der Waals surface area (Å²) in [6, 6.07) is 14.0. The van der Waals surface area contributed by atoms with Crippen LogP contribution < -0.4 is 10.1 Å². The van der Waals surface area contributed by atoms with Gasteiger partial charge >= 0.3 is 0 Å². The lowest BCUT2D eigenvalue weighted by atomic mass is 10.1. The van der Waals surface area contributed by atoms with Crippen LogP contribution in [0.2, 0.25) is 0 Å². The normalized spacial score (nSPS) is 10.4. The Hall–Kier alpha value is -2.29. The van der Waals surface area contributed by atoms with E-state index in [-0.39, 0.29) is 5.91 Å². The number of hydrogen-bond acceptors (Lipinski definition) is 2. The molecule has 0 aromatic heterocycles. The van der Waals surface area contributed by atoms with Gasteiger partial charge in [0.1, 0.15) is 5.75 Å². The molecule has 2 aromatic carbocycles. The number of aryl methyl sites for hydroxylation is 2. The van der Waals surface area contributed by atoms with Crippen LogP contribution in [-0.4, -0.2) is 12.5 Å². The Morgan fingerprint density at radius 1 is 1.09 bits per heavy atom. The topological polar surface area (TPSA) is 38.3 Å². The number of hydrogen-bond donors (Lipinski definition) is 1. The van der Waals surface area contributed by atoms with E-state index >= 15 is 0 Å². The number of ether oxygens (including phenoxy) is 1. The molecular formula is C20H25NO2. The number of anilines is 1. The minimum atomic E-state index is 0.0311. The first-order valence-corrected chi connectivity index (χ1v) is 8.18. The van der Waals surface area contributed by atoms with Crippen molar-refractivity contribution in [2.75, 3.05) is 11.9 Å². The largest absolute Gasteiger partial charge is 0.494 e. The molecule has 0 unspecified atom stereocenters. The highest BCUT2D eigenvalue weighted by Crippen LogP contribution is 2.18. The SMILES string of the molecule is CCc1ccc(OCCCC(=O)Nc2cccc(C)c2C)cc1. The molecule has 3 heteroatoms. The molecule has 0 fully saturated rings. The van der Waals surface area contributed by atoms with Crippen molar-refractivity contribution in [2.24, 2.45) is 0 Å². The molecule has 0 saturated heterocycles. The molecule has 3 nitrogen and oxygen atoms in total. The van der Waals surface area contributed by atoms with Gasteiger partial charge in [-0.3, -0.25) is 4.79 Å². The summed E-state index contributed by atoms with van der Waals surface area (Å²) in [5.41, 5.74) is 4.49. The molecule has 0 spiro atoms. The fourth-order valence-electron chi connectivity index (χ4n) is 2.34. The van der Waals surface area contributed by atoms with E-state index in [1.165, 1.54) is 11.1 Å². The van der Waals surface area contributed by atoms with Crippen LogP contribution in [0.1, 0.15) is 36.5 Å². The van der Waals surface area contributed by atoms with E-state index in [0.717, 1.165) is 23.4 Å². The Kier molecular flexibility index (Phi) is 6.21. The van der Waals surface area contributed by atoms with Gasteiger partial charge in [0.15, 0.2) is 0 Å². The summed E-state index contributed by atoms with van der Waals surface area (Å²) >= 11 is 0. The maximum atomic E-state index is 12.0. The van der Waals surface area contributed by atoms with Gasteiger partial charge in [-0.05, 0) is 61.6 Å². The second-order valence-corrected chi connectivity index (χ2v) is 5.75. The van der Waals surface area contributed by atoms with Crippen molar-refractivity contribution in [3.05, 3.63) is 59.2 Å². The lowest BCUT2D eigenvalue weighted by Crippen LogP contribution is -2.13. The third kappa shape index (κ3) is 5.13. The zero-order chi connectivity index (χ0) is 16.7. The molecule has 0 aliphatic heterocycles. The van der Waals surface area contributed by atoms with E-state index < -0.39 is 0 Å². The van der Waals surface area contributed by atoms with Gasteiger partial charge in [-0.25, -0.2) is 0 Å². The van der Waals surface area contributed by atoms with Crippen LogP contribution in [-0.2, 0) is 11.2 Å². The molecule has 2 rings (SSSR count). The number of carbonyl (C=O) groups is 1. The first-order valence-electron chi connectivity index (χ1n) is 8.18. The quantitative estimate of drug-likeness (QED) is 0.755. The summed E-state index contributed by atoms with van der Waals surface area (Å²) < 4.78 is 5.67. The lowest BCUT2D eigenvalue weighted by Gasteiger charge is -2.10. The van der Waals surface area contributed by atoms with Crippen LogP contribution in [0.15, 0.2) is 42.5 Å². The predicted molar refractivity (Wildman–Crippen MR) is 95.1 cm³/mol. The molecule has 0 bridgehead atoms. The third-order valence-electron chi connectivity index (χ3n) is 4.03. The second-order valence-electron chi connectivity index (χ2n) is 5.75. The molecule has 1 N–H and O–H groups in total. The van der Waals surface area contributed by atoms with E-state index in [0.29, 0.717) is 19.4 Å². The highest BCUT2D eigenvalue weighted by molar-refractivity contribution is 5.91. The minimum Gasteiger partial charge on any atom is -0.494 e. The van der Waals surface area contributed by atoms with Crippen molar-refractivity contribution in [3.8, 4) is 5.75 Å². The third-order valence-corrected chi connectivity index (χ3v) is 4.03. The standard InChI is InChI=1S/C20H25NO2/c1-4-17-10-12-18(13-11-17)23-14-6-9-20(22)21-19-8-5-7-15(2)16(19)3/h5,7-8,10-13H,4,6,9,14H2,1-3H3,(H,21,22). The Bertz CT molecular complexity index is 647. The van der Waals surface area contributed by atoms with Crippen molar-refractivity contribution >= 4 is 11.6 Å². The second kappa shape index (κ2) is 8.37. The van der Waals surface area contributed by atoms with E-state index in [1.807, 2.05) is 44.2 Å². The Morgan fingerprint density at radius 3 is 2.52 bits per heavy atom. The van der Waals surface area contributed by atoms with Crippen LogP contribution in [0.3, 0.4) is 0 Å². The van der Waals surface area contributed by atoms with Crippen LogP contribution >= 0.6 is 0 Å². The Morgan fingerprint density at radius 2 is 1.83 bits per heavy atom. The number of rotatable bonds is 7. The predicted octanol–water partition coefficient (Wildman–Crippen LogP) is 4.66. The molecule has 1 amide bonds. The lowest BCUT2D eigenvalue weighted by molar-refractivity contribution is -0.116. The van der Waals surface area contributed by atoms with Gasteiger partial charge in [-0.2, -0.15) is 0 Å².